The number of nitrogen functional groups attached to an aromatic ring is 2. The minimum Gasteiger partial charge on any atom is -0.459 e. The molecule has 1 rings (SSSR count). The van der Waals surface area contributed by atoms with Gasteiger partial charge in [-0.3, -0.25) is 0 Å². The third-order valence-electron chi connectivity index (χ3n) is 2.69. The Kier molecular flexibility index (Phi) is 4.59. The minimum absolute atomic E-state index is 0.126. The first-order chi connectivity index (χ1) is 8.31. The lowest BCUT2D eigenvalue weighted by molar-refractivity contribution is 0.0301. The van der Waals surface area contributed by atoms with Crippen LogP contribution in [0.2, 0.25) is 0 Å². The van der Waals surface area contributed by atoms with E-state index >= 15 is 0 Å². The van der Waals surface area contributed by atoms with E-state index < -0.39 is 5.97 Å². The molecule has 0 radical (unpaired) electrons. The lowest BCUT2D eigenvalue weighted by Gasteiger charge is -2.16. The molecule has 0 aliphatic heterocycles. The predicted molar refractivity (Wildman–Crippen MR) is 74.3 cm³/mol. The minimum atomic E-state index is -0.406. The van der Waals surface area contributed by atoms with E-state index in [2.05, 4.69) is 13.8 Å². The molecule has 4 nitrogen and oxygen atoms in total. The summed E-state index contributed by atoms with van der Waals surface area (Å²) in [5.74, 6) is 0.0729. The summed E-state index contributed by atoms with van der Waals surface area (Å²) in [5, 5.41) is 0. The number of carbonyl (C=O) groups excluding carboxylic acids is 1. The maximum absolute atomic E-state index is 12.0. The highest BCUT2D eigenvalue weighted by atomic mass is 16.5. The van der Waals surface area contributed by atoms with Crippen LogP contribution in [0, 0.1) is 12.8 Å². The van der Waals surface area contributed by atoms with Gasteiger partial charge in [-0.05, 0) is 43.9 Å². The van der Waals surface area contributed by atoms with Crippen LogP contribution in [0.25, 0.3) is 0 Å². The zero-order valence-electron chi connectivity index (χ0n) is 11.5. The van der Waals surface area contributed by atoms with E-state index in [0.29, 0.717) is 22.9 Å². The van der Waals surface area contributed by atoms with E-state index in [4.69, 9.17) is 16.2 Å². The van der Waals surface area contributed by atoms with Gasteiger partial charge in [0, 0.05) is 0 Å². The zero-order chi connectivity index (χ0) is 13.9. The van der Waals surface area contributed by atoms with Gasteiger partial charge in [-0.25, -0.2) is 4.79 Å². The molecule has 1 unspecified atom stereocenters. The average molecular weight is 250 g/mol. The molecule has 1 atom stereocenters. The molecule has 1 aromatic carbocycles. The van der Waals surface area contributed by atoms with Crippen molar-refractivity contribution in [1.29, 1.82) is 0 Å². The van der Waals surface area contributed by atoms with E-state index in [0.717, 1.165) is 12.0 Å². The lowest BCUT2D eigenvalue weighted by Crippen LogP contribution is -2.18. The highest BCUT2D eigenvalue weighted by Crippen LogP contribution is 2.23. The van der Waals surface area contributed by atoms with Crippen molar-refractivity contribution >= 4 is 17.3 Å². The van der Waals surface area contributed by atoms with Crippen molar-refractivity contribution in [2.45, 2.75) is 40.2 Å². The fourth-order valence-corrected chi connectivity index (χ4v) is 1.95. The van der Waals surface area contributed by atoms with Gasteiger partial charge in [-0.1, -0.05) is 13.8 Å². The van der Waals surface area contributed by atoms with Gasteiger partial charge in [-0.2, -0.15) is 0 Å². The third-order valence-corrected chi connectivity index (χ3v) is 2.69. The van der Waals surface area contributed by atoms with Crippen LogP contribution in [-0.4, -0.2) is 12.1 Å². The van der Waals surface area contributed by atoms with Crippen molar-refractivity contribution < 1.29 is 9.53 Å². The van der Waals surface area contributed by atoms with Crippen LogP contribution in [0.4, 0.5) is 11.4 Å². The summed E-state index contributed by atoms with van der Waals surface area (Å²) in [4.78, 5) is 12.0. The molecule has 0 aliphatic rings. The second-order valence-electron chi connectivity index (χ2n) is 5.16. The molecule has 4 N–H and O–H groups in total. The molecular weight excluding hydrogens is 228 g/mol. The smallest absolute Gasteiger partial charge is 0.340 e. The molecule has 0 spiro atoms. The maximum atomic E-state index is 12.0. The number of hydrogen-bond acceptors (Lipinski definition) is 4. The topological polar surface area (TPSA) is 78.3 Å². The summed E-state index contributed by atoms with van der Waals surface area (Å²) in [7, 11) is 0. The molecule has 0 amide bonds. The van der Waals surface area contributed by atoms with Crippen LogP contribution in [-0.2, 0) is 4.74 Å². The second-order valence-corrected chi connectivity index (χ2v) is 5.16. The molecule has 0 saturated carbocycles. The summed E-state index contributed by atoms with van der Waals surface area (Å²) in [6.07, 6.45) is 0.700. The number of nitrogens with two attached hydrogens (primary N) is 2. The first-order valence-corrected chi connectivity index (χ1v) is 6.17. The molecule has 0 aliphatic carbocycles. The number of anilines is 2. The normalized spacial score (nSPS) is 12.5. The standard InChI is InChI=1S/C14H22N2O2/c1-8(2)5-10(4)18-14(17)11-6-9(3)7-12(15)13(11)16/h6-8,10H,5,15-16H2,1-4H3. The van der Waals surface area contributed by atoms with Gasteiger partial charge in [0.15, 0.2) is 0 Å². The Morgan fingerprint density at radius 1 is 1.28 bits per heavy atom. The van der Waals surface area contributed by atoms with Gasteiger partial charge in [-0.15, -0.1) is 0 Å². The molecule has 100 valence electrons. The number of ether oxygens (including phenoxy) is 1. The zero-order valence-corrected chi connectivity index (χ0v) is 11.5. The number of hydrogen-bond donors (Lipinski definition) is 2. The van der Waals surface area contributed by atoms with Crippen molar-refractivity contribution in [3.8, 4) is 0 Å². The molecule has 18 heavy (non-hydrogen) atoms. The Morgan fingerprint density at radius 3 is 2.44 bits per heavy atom. The molecule has 0 saturated heterocycles. The van der Waals surface area contributed by atoms with E-state index in [1.807, 2.05) is 13.8 Å². The SMILES string of the molecule is Cc1cc(N)c(N)c(C(=O)OC(C)CC(C)C)c1. The lowest BCUT2D eigenvalue weighted by atomic mass is 10.1. The van der Waals surface area contributed by atoms with E-state index in [-0.39, 0.29) is 6.10 Å². The average Bonchev–Trinajstić information content (AvgIpc) is 2.21. The largest absolute Gasteiger partial charge is 0.459 e. The van der Waals surface area contributed by atoms with Crippen molar-refractivity contribution in [2.75, 3.05) is 11.5 Å². The van der Waals surface area contributed by atoms with Gasteiger partial charge in [0.05, 0.1) is 23.0 Å². The fraction of sp³-hybridized carbons (Fsp3) is 0.500. The quantitative estimate of drug-likeness (QED) is 0.636. The molecule has 0 aromatic heterocycles. The summed E-state index contributed by atoms with van der Waals surface area (Å²) < 4.78 is 5.36. The molecule has 0 bridgehead atoms. The molecule has 1 aromatic rings. The van der Waals surface area contributed by atoms with Crippen molar-refractivity contribution in [1.82, 2.24) is 0 Å². The van der Waals surface area contributed by atoms with Crippen LogP contribution < -0.4 is 11.5 Å². The second kappa shape index (κ2) is 5.76. The fourth-order valence-electron chi connectivity index (χ4n) is 1.95. The number of rotatable bonds is 4. The predicted octanol–water partition coefficient (Wildman–Crippen LogP) is 2.75. The number of carbonyl (C=O) groups is 1. The van der Waals surface area contributed by atoms with Crippen LogP contribution >= 0.6 is 0 Å². The molecule has 4 heteroatoms. The van der Waals surface area contributed by atoms with Crippen molar-refractivity contribution in [2.24, 2.45) is 5.92 Å². The molecule has 0 fully saturated rings. The summed E-state index contributed by atoms with van der Waals surface area (Å²) in [6, 6.07) is 3.44. The number of benzene rings is 1. The Morgan fingerprint density at radius 2 is 1.89 bits per heavy atom. The van der Waals surface area contributed by atoms with Crippen LogP contribution in [0.5, 0.6) is 0 Å². The van der Waals surface area contributed by atoms with Gasteiger partial charge >= 0.3 is 5.97 Å². The summed E-state index contributed by atoms with van der Waals surface area (Å²) in [6.45, 7) is 7.92. The van der Waals surface area contributed by atoms with Gasteiger partial charge < -0.3 is 16.2 Å². The Bertz CT molecular complexity index is 442. The van der Waals surface area contributed by atoms with E-state index in [9.17, 15) is 4.79 Å². The van der Waals surface area contributed by atoms with Crippen molar-refractivity contribution in [3.63, 3.8) is 0 Å². The van der Waals surface area contributed by atoms with Crippen LogP contribution in [0.1, 0.15) is 43.1 Å². The number of esters is 1. The van der Waals surface area contributed by atoms with Crippen LogP contribution in [0.15, 0.2) is 12.1 Å². The summed E-state index contributed by atoms with van der Waals surface area (Å²) in [5.41, 5.74) is 13.5. The Hall–Kier alpha value is -1.71. The van der Waals surface area contributed by atoms with E-state index in [1.165, 1.54) is 0 Å². The monoisotopic (exact) mass is 250 g/mol. The van der Waals surface area contributed by atoms with Crippen molar-refractivity contribution in [3.05, 3.63) is 23.3 Å². The van der Waals surface area contributed by atoms with Gasteiger partial charge in [0.2, 0.25) is 0 Å². The molecular formula is C14H22N2O2. The van der Waals surface area contributed by atoms with Gasteiger partial charge in [0.1, 0.15) is 0 Å². The van der Waals surface area contributed by atoms with Gasteiger partial charge in [0.25, 0.3) is 0 Å². The summed E-state index contributed by atoms with van der Waals surface area (Å²) >= 11 is 0. The number of aryl methyl sites for hydroxylation is 1. The Balaban J connectivity index is 2.85. The highest BCUT2D eigenvalue weighted by Gasteiger charge is 2.17. The van der Waals surface area contributed by atoms with Crippen LogP contribution in [0.3, 0.4) is 0 Å². The maximum Gasteiger partial charge on any atom is 0.340 e. The Labute approximate surface area is 108 Å². The first-order valence-electron chi connectivity index (χ1n) is 6.17. The third kappa shape index (κ3) is 3.65. The van der Waals surface area contributed by atoms with E-state index in [1.54, 1.807) is 12.1 Å². The first kappa shape index (κ1) is 14.4. The highest BCUT2D eigenvalue weighted by molar-refractivity contribution is 5.98. The molecule has 0 heterocycles.